The molecule has 0 radical (unpaired) electrons. The quantitative estimate of drug-likeness (QED) is 0.810. The molecule has 0 spiro atoms. The minimum Gasteiger partial charge on any atom is -0.481 e. The van der Waals surface area contributed by atoms with Crippen LogP contribution in [-0.2, 0) is 4.79 Å². The number of carboxylic acids is 1. The molecule has 2 rings (SSSR count). The highest BCUT2D eigenvalue weighted by Gasteiger charge is 2.43. The number of Topliss-reactive ketones (excluding diaryl/α,β-unsaturated/α-hetero) is 1. The number of carboxylic acid groups (broad SMARTS) is 1. The third-order valence-corrected chi connectivity index (χ3v) is 3.46. The van der Waals surface area contributed by atoms with Crippen LogP contribution in [0.2, 0.25) is 0 Å². The van der Waals surface area contributed by atoms with Crippen LogP contribution in [0.1, 0.15) is 42.6 Å². The Morgan fingerprint density at radius 2 is 2.00 bits per heavy atom. The molecule has 1 aromatic rings. The number of carbonyl (C=O) groups is 2. The normalized spacial score (nSPS) is 17.9. The number of hydrogen-bond acceptors (Lipinski definition) is 3. The van der Waals surface area contributed by atoms with Crippen LogP contribution in [0, 0.1) is 5.41 Å². The molecular formula is C13H15NO3. The van der Waals surface area contributed by atoms with Crippen LogP contribution >= 0.6 is 0 Å². The van der Waals surface area contributed by atoms with Gasteiger partial charge in [0.1, 0.15) is 5.69 Å². The molecule has 0 aromatic carbocycles. The smallest absolute Gasteiger partial charge is 0.310 e. The van der Waals surface area contributed by atoms with E-state index < -0.39 is 11.4 Å². The summed E-state index contributed by atoms with van der Waals surface area (Å²) < 4.78 is 0. The number of nitrogens with zero attached hydrogens (tertiary/aromatic N) is 1. The molecule has 0 unspecified atom stereocenters. The average Bonchev–Trinajstić information content (AvgIpc) is 2.80. The lowest BCUT2D eigenvalue weighted by Gasteiger charge is -2.22. The summed E-state index contributed by atoms with van der Waals surface area (Å²) in [5.74, 6) is -1.02. The summed E-state index contributed by atoms with van der Waals surface area (Å²) in [7, 11) is 0. The largest absolute Gasteiger partial charge is 0.481 e. The second-order valence-electron chi connectivity index (χ2n) is 4.61. The Hall–Kier alpha value is -1.71. The zero-order chi connectivity index (χ0) is 12.3. The van der Waals surface area contributed by atoms with Crippen molar-refractivity contribution in [1.82, 2.24) is 4.98 Å². The van der Waals surface area contributed by atoms with Crippen molar-refractivity contribution in [3.05, 3.63) is 30.1 Å². The highest BCUT2D eigenvalue weighted by atomic mass is 16.4. The van der Waals surface area contributed by atoms with E-state index >= 15 is 0 Å². The monoisotopic (exact) mass is 233 g/mol. The topological polar surface area (TPSA) is 67.3 Å². The highest BCUT2D eigenvalue weighted by molar-refractivity contribution is 5.97. The SMILES string of the molecule is O=C(CC1(C(=O)O)CCCC1)c1ccccn1. The first-order chi connectivity index (χ1) is 8.14. The summed E-state index contributed by atoms with van der Waals surface area (Å²) >= 11 is 0. The van der Waals surface area contributed by atoms with E-state index in [-0.39, 0.29) is 12.2 Å². The second-order valence-corrected chi connectivity index (χ2v) is 4.61. The molecule has 4 nitrogen and oxygen atoms in total. The molecule has 0 saturated heterocycles. The van der Waals surface area contributed by atoms with Gasteiger partial charge in [-0.3, -0.25) is 14.6 Å². The van der Waals surface area contributed by atoms with Gasteiger partial charge in [-0.05, 0) is 25.0 Å². The molecule has 1 saturated carbocycles. The lowest BCUT2D eigenvalue weighted by molar-refractivity contribution is -0.148. The summed E-state index contributed by atoms with van der Waals surface area (Å²) in [6.07, 6.45) is 4.60. The summed E-state index contributed by atoms with van der Waals surface area (Å²) in [4.78, 5) is 27.3. The molecule has 0 amide bonds. The van der Waals surface area contributed by atoms with E-state index in [1.165, 1.54) is 0 Å². The number of aromatic nitrogens is 1. The van der Waals surface area contributed by atoms with Crippen molar-refractivity contribution in [1.29, 1.82) is 0 Å². The molecule has 1 fully saturated rings. The van der Waals surface area contributed by atoms with Gasteiger partial charge in [0.2, 0.25) is 0 Å². The van der Waals surface area contributed by atoms with Gasteiger partial charge in [0.05, 0.1) is 5.41 Å². The van der Waals surface area contributed by atoms with Crippen LogP contribution in [-0.4, -0.2) is 21.8 Å². The van der Waals surface area contributed by atoms with E-state index in [2.05, 4.69) is 4.98 Å². The van der Waals surface area contributed by atoms with E-state index in [1.54, 1.807) is 24.4 Å². The van der Waals surface area contributed by atoms with Gasteiger partial charge >= 0.3 is 5.97 Å². The van der Waals surface area contributed by atoms with E-state index in [0.717, 1.165) is 12.8 Å². The fourth-order valence-corrected chi connectivity index (χ4v) is 2.44. The lowest BCUT2D eigenvalue weighted by Crippen LogP contribution is -2.30. The lowest BCUT2D eigenvalue weighted by atomic mass is 9.80. The van der Waals surface area contributed by atoms with Gasteiger partial charge in [-0.15, -0.1) is 0 Å². The van der Waals surface area contributed by atoms with Crippen LogP contribution in [0.3, 0.4) is 0 Å². The Bertz CT molecular complexity index is 422. The van der Waals surface area contributed by atoms with Gasteiger partial charge in [-0.25, -0.2) is 0 Å². The molecule has 0 bridgehead atoms. The standard InChI is InChI=1S/C13H15NO3/c15-11(10-5-1-4-8-14-10)9-13(12(16)17)6-2-3-7-13/h1,4-5,8H,2-3,6-7,9H2,(H,16,17). The average molecular weight is 233 g/mol. The first-order valence-corrected chi connectivity index (χ1v) is 5.82. The molecular weight excluding hydrogens is 218 g/mol. The predicted octanol–water partition coefficient (Wildman–Crippen LogP) is 2.30. The zero-order valence-corrected chi connectivity index (χ0v) is 9.56. The zero-order valence-electron chi connectivity index (χ0n) is 9.56. The summed E-state index contributed by atoms with van der Waals surface area (Å²) in [6.45, 7) is 0. The van der Waals surface area contributed by atoms with Crippen LogP contribution < -0.4 is 0 Å². The third-order valence-electron chi connectivity index (χ3n) is 3.46. The van der Waals surface area contributed by atoms with Crippen LogP contribution in [0.5, 0.6) is 0 Å². The molecule has 90 valence electrons. The van der Waals surface area contributed by atoms with Gasteiger partial charge in [0, 0.05) is 12.6 Å². The molecule has 1 N–H and O–H groups in total. The van der Waals surface area contributed by atoms with Crippen molar-refractivity contribution in [3.8, 4) is 0 Å². The van der Waals surface area contributed by atoms with Gasteiger partial charge in [0.25, 0.3) is 0 Å². The Balaban J connectivity index is 2.15. The molecule has 1 aromatic heterocycles. The maximum Gasteiger partial charge on any atom is 0.310 e. The van der Waals surface area contributed by atoms with Crippen LogP contribution in [0.25, 0.3) is 0 Å². The number of ketones is 1. The van der Waals surface area contributed by atoms with Crippen molar-refractivity contribution in [2.75, 3.05) is 0 Å². The summed E-state index contributed by atoms with van der Waals surface area (Å²) in [5.41, 5.74) is -0.491. The predicted molar refractivity (Wildman–Crippen MR) is 61.7 cm³/mol. The summed E-state index contributed by atoms with van der Waals surface area (Å²) in [6, 6.07) is 5.11. The maximum absolute atomic E-state index is 12.0. The first kappa shape index (κ1) is 11.8. The van der Waals surface area contributed by atoms with Gasteiger partial charge in [-0.2, -0.15) is 0 Å². The second kappa shape index (κ2) is 4.65. The van der Waals surface area contributed by atoms with Crippen molar-refractivity contribution in [2.45, 2.75) is 32.1 Å². The third kappa shape index (κ3) is 2.35. The molecule has 1 aliphatic rings. The number of aliphatic carboxylic acids is 1. The Morgan fingerprint density at radius 1 is 1.29 bits per heavy atom. The molecule has 0 atom stereocenters. The van der Waals surface area contributed by atoms with Crippen LogP contribution in [0.15, 0.2) is 24.4 Å². The summed E-state index contributed by atoms with van der Waals surface area (Å²) in [5, 5.41) is 9.29. The van der Waals surface area contributed by atoms with E-state index in [1.807, 2.05) is 0 Å². The number of hydrogen-bond donors (Lipinski definition) is 1. The first-order valence-electron chi connectivity index (χ1n) is 5.82. The van der Waals surface area contributed by atoms with Crippen molar-refractivity contribution < 1.29 is 14.7 Å². The van der Waals surface area contributed by atoms with Crippen LogP contribution in [0.4, 0.5) is 0 Å². The minimum atomic E-state index is -0.853. The minimum absolute atomic E-state index is 0.0688. The fraction of sp³-hybridized carbons (Fsp3) is 0.462. The Morgan fingerprint density at radius 3 is 2.53 bits per heavy atom. The number of carbonyl (C=O) groups excluding carboxylic acids is 1. The fourth-order valence-electron chi connectivity index (χ4n) is 2.44. The Kier molecular flexibility index (Phi) is 3.22. The van der Waals surface area contributed by atoms with E-state index in [9.17, 15) is 14.7 Å². The number of pyridine rings is 1. The van der Waals surface area contributed by atoms with Gasteiger partial charge in [-0.1, -0.05) is 18.9 Å². The van der Waals surface area contributed by atoms with Crippen molar-refractivity contribution in [3.63, 3.8) is 0 Å². The van der Waals surface area contributed by atoms with E-state index in [4.69, 9.17) is 0 Å². The molecule has 1 heterocycles. The van der Waals surface area contributed by atoms with E-state index in [0.29, 0.717) is 18.5 Å². The van der Waals surface area contributed by atoms with Crippen molar-refractivity contribution in [2.24, 2.45) is 5.41 Å². The molecule has 17 heavy (non-hydrogen) atoms. The molecule has 0 aliphatic heterocycles. The van der Waals surface area contributed by atoms with Crippen molar-refractivity contribution >= 4 is 11.8 Å². The number of rotatable bonds is 4. The molecule has 1 aliphatic carbocycles. The van der Waals surface area contributed by atoms with Gasteiger partial charge in [0.15, 0.2) is 5.78 Å². The highest BCUT2D eigenvalue weighted by Crippen LogP contribution is 2.41. The van der Waals surface area contributed by atoms with Gasteiger partial charge < -0.3 is 5.11 Å². The Labute approximate surface area is 99.7 Å². The molecule has 4 heteroatoms. The maximum atomic E-state index is 12.0.